The van der Waals surface area contributed by atoms with Crippen molar-refractivity contribution in [3.63, 3.8) is 0 Å². The van der Waals surface area contributed by atoms with Crippen LogP contribution in [-0.4, -0.2) is 23.2 Å². The number of carbonyl (C=O) groups is 3. The largest absolute Gasteiger partial charge is 0.329 e. The van der Waals surface area contributed by atoms with Gasteiger partial charge in [0, 0.05) is 22.6 Å². The highest BCUT2D eigenvalue weighted by Gasteiger charge is 2.09. The molecule has 7 nitrogen and oxygen atoms in total. The Morgan fingerprint density at radius 3 is 1.93 bits per heavy atom. The zero-order valence-corrected chi connectivity index (χ0v) is 16.1. The second kappa shape index (κ2) is 8.92. The molecule has 8 heteroatoms. The second-order valence-electron chi connectivity index (χ2n) is 5.67. The van der Waals surface area contributed by atoms with Gasteiger partial charge in [-0.2, -0.15) is 0 Å². The van der Waals surface area contributed by atoms with E-state index in [9.17, 15) is 14.4 Å². The number of nitrogens with one attached hydrogen (secondary N) is 3. The Morgan fingerprint density at radius 2 is 1.36 bits per heavy atom. The van der Waals surface area contributed by atoms with Crippen LogP contribution >= 0.6 is 15.9 Å². The fourth-order valence-electron chi connectivity index (χ4n) is 2.36. The molecule has 0 atom stereocenters. The van der Waals surface area contributed by atoms with E-state index in [4.69, 9.17) is 0 Å². The fourth-order valence-corrected chi connectivity index (χ4v) is 2.70. The Balaban J connectivity index is 1.61. The first-order valence-corrected chi connectivity index (χ1v) is 9.00. The highest BCUT2D eigenvalue weighted by molar-refractivity contribution is 9.10. The summed E-state index contributed by atoms with van der Waals surface area (Å²) < 4.78 is 0.577. The SMILES string of the molecule is O=CNc1ccc(C(=O)Nc2ccc(NC(=O)c3cccc(Br)n3)cc2)cc1. The van der Waals surface area contributed by atoms with Gasteiger partial charge in [0.15, 0.2) is 0 Å². The lowest BCUT2D eigenvalue weighted by Crippen LogP contribution is -2.14. The summed E-state index contributed by atoms with van der Waals surface area (Å²) in [6.45, 7) is 0. The molecule has 28 heavy (non-hydrogen) atoms. The van der Waals surface area contributed by atoms with Crippen molar-refractivity contribution in [3.8, 4) is 0 Å². The maximum atomic E-state index is 12.3. The first-order chi connectivity index (χ1) is 13.5. The minimum absolute atomic E-state index is 0.284. The van der Waals surface area contributed by atoms with Crippen molar-refractivity contribution in [3.05, 3.63) is 82.6 Å². The van der Waals surface area contributed by atoms with Crippen LogP contribution in [0.25, 0.3) is 0 Å². The number of carbonyl (C=O) groups excluding carboxylic acids is 3. The molecule has 0 radical (unpaired) electrons. The predicted octanol–water partition coefficient (Wildman–Crippen LogP) is 3.92. The topological polar surface area (TPSA) is 100 Å². The van der Waals surface area contributed by atoms with Crippen LogP contribution in [0.2, 0.25) is 0 Å². The molecular weight excluding hydrogens is 424 g/mol. The Morgan fingerprint density at radius 1 is 0.786 bits per heavy atom. The van der Waals surface area contributed by atoms with Crippen LogP contribution in [0.1, 0.15) is 20.8 Å². The number of rotatable bonds is 6. The molecule has 3 amide bonds. The molecule has 0 fully saturated rings. The van der Waals surface area contributed by atoms with Crippen molar-refractivity contribution in [1.29, 1.82) is 0 Å². The van der Waals surface area contributed by atoms with Crippen molar-refractivity contribution in [2.45, 2.75) is 0 Å². The monoisotopic (exact) mass is 438 g/mol. The van der Waals surface area contributed by atoms with Crippen LogP contribution in [0.5, 0.6) is 0 Å². The molecule has 1 aromatic heterocycles. The van der Waals surface area contributed by atoms with Crippen LogP contribution < -0.4 is 16.0 Å². The highest BCUT2D eigenvalue weighted by atomic mass is 79.9. The summed E-state index contributed by atoms with van der Waals surface area (Å²) in [6, 6.07) is 18.3. The molecule has 0 saturated heterocycles. The third-order valence-corrected chi connectivity index (χ3v) is 4.16. The minimum atomic E-state index is -0.331. The lowest BCUT2D eigenvalue weighted by atomic mass is 10.2. The molecular formula is C20H15BrN4O3. The van der Waals surface area contributed by atoms with Gasteiger partial charge >= 0.3 is 0 Å². The van der Waals surface area contributed by atoms with Gasteiger partial charge in [-0.15, -0.1) is 0 Å². The van der Waals surface area contributed by atoms with Gasteiger partial charge in [0.1, 0.15) is 10.3 Å². The van der Waals surface area contributed by atoms with Gasteiger partial charge < -0.3 is 16.0 Å². The standard InChI is InChI=1S/C20H15BrN4O3/c21-18-3-1-2-17(25-18)20(28)24-16-10-8-15(9-11-16)23-19(27)13-4-6-14(7-5-13)22-12-26/h1-12H,(H,22,26)(H,23,27)(H,24,28). The number of nitrogens with zero attached hydrogens (tertiary/aromatic N) is 1. The number of hydrogen-bond donors (Lipinski definition) is 3. The number of amides is 3. The van der Waals surface area contributed by atoms with Gasteiger partial charge in [-0.05, 0) is 76.6 Å². The van der Waals surface area contributed by atoms with Crippen LogP contribution in [0, 0.1) is 0 Å². The molecule has 2 aromatic carbocycles. The number of halogens is 1. The van der Waals surface area contributed by atoms with E-state index in [-0.39, 0.29) is 11.8 Å². The van der Waals surface area contributed by atoms with E-state index in [2.05, 4.69) is 36.9 Å². The van der Waals surface area contributed by atoms with E-state index < -0.39 is 0 Å². The first-order valence-electron chi connectivity index (χ1n) is 8.21. The molecule has 0 saturated carbocycles. The average Bonchev–Trinajstić information content (AvgIpc) is 2.70. The quantitative estimate of drug-likeness (QED) is 0.401. The third-order valence-electron chi connectivity index (χ3n) is 3.72. The maximum absolute atomic E-state index is 12.3. The smallest absolute Gasteiger partial charge is 0.274 e. The Labute approximate surface area is 169 Å². The van der Waals surface area contributed by atoms with Gasteiger partial charge in [0.25, 0.3) is 11.8 Å². The summed E-state index contributed by atoms with van der Waals surface area (Å²) in [5.74, 6) is -0.616. The van der Waals surface area contributed by atoms with E-state index in [0.717, 1.165) is 0 Å². The minimum Gasteiger partial charge on any atom is -0.329 e. The second-order valence-corrected chi connectivity index (χ2v) is 6.48. The number of pyridine rings is 1. The van der Waals surface area contributed by atoms with Crippen molar-refractivity contribution >= 4 is 51.2 Å². The lowest BCUT2D eigenvalue weighted by molar-refractivity contribution is -0.105. The molecule has 3 rings (SSSR count). The number of benzene rings is 2. The van der Waals surface area contributed by atoms with Crippen LogP contribution in [0.15, 0.2) is 71.3 Å². The lowest BCUT2D eigenvalue weighted by Gasteiger charge is -2.08. The first kappa shape index (κ1) is 19.2. The van der Waals surface area contributed by atoms with Crippen molar-refractivity contribution in [2.24, 2.45) is 0 Å². The van der Waals surface area contributed by atoms with E-state index in [0.29, 0.717) is 39.3 Å². The fraction of sp³-hybridized carbons (Fsp3) is 0. The zero-order valence-electron chi connectivity index (χ0n) is 14.5. The summed E-state index contributed by atoms with van der Waals surface area (Å²) in [6.07, 6.45) is 0.572. The van der Waals surface area contributed by atoms with Gasteiger partial charge in [-0.25, -0.2) is 4.98 Å². The zero-order chi connectivity index (χ0) is 19.9. The molecule has 3 aromatic rings. The summed E-state index contributed by atoms with van der Waals surface area (Å²) in [5.41, 5.74) is 2.51. The highest BCUT2D eigenvalue weighted by Crippen LogP contribution is 2.17. The van der Waals surface area contributed by atoms with Crippen molar-refractivity contribution in [1.82, 2.24) is 4.98 Å². The molecule has 0 bridgehead atoms. The average molecular weight is 439 g/mol. The van der Waals surface area contributed by atoms with E-state index in [1.165, 1.54) is 0 Å². The van der Waals surface area contributed by atoms with Crippen LogP contribution in [0.3, 0.4) is 0 Å². The molecule has 0 spiro atoms. The van der Waals surface area contributed by atoms with E-state index in [1.807, 2.05) is 0 Å². The molecule has 0 unspecified atom stereocenters. The van der Waals surface area contributed by atoms with Crippen LogP contribution in [-0.2, 0) is 4.79 Å². The van der Waals surface area contributed by atoms with Crippen molar-refractivity contribution in [2.75, 3.05) is 16.0 Å². The van der Waals surface area contributed by atoms with E-state index in [1.54, 1.807) is 66.7 Å². The Kier molecular flexibility index (Phi) is 6.13. The number of anilines is 3. The van der Waals surface area contributed by atoms with Gasteiger partial charge in [0.2, 0.25) is 6.41 Å². The summed E-state index contributed by atoms with van der Waals surface area (Å²) in [5, 5.41) is 8.02. The summed E-state index contributed by atoms with van der Waals surface area (Å²) in [7, 11) is 0. The summed E-state index contributed by atoms with van der Waals surface area (Å²) >= 11 is 3.23. The van der Waals surface area contributed by atoms with Crippen molar-refractivity contribution < 1.29 is 14.4 Å². The molecule has 0 aliphatic rings. The van der Waals surface area contributed by atoms with E-state index >= 15 is 0 Å². The molecule has 3 N–H and O–H groups in total. The number of hydrogen-bond acceptors (Lipinski definition) is 4. The molecule has 0 aliphatic heterocycles. The molecule has 0 aliphatic carbocycles. The third kappa shape index (κ3) is 5.01. The van der Waals surface area contributed by atoms with Gasteiger partial charge in [0.05, 0.1) is 0 Å². The normalized spacial score (nSPS) is 10.0. The van der Waals surface area contributed by atoms with Gasteiger partial charge in [-0.3, -0.25) is 14.4 Å². The number of aromatic nitrogens is 1. The Bertz CT molecular complexity index is 1000. The Hall–Kier alpha value is -3.52. The summed E-state index contributed by atoms with van der Waals surface area (Å²) in [4.78, 5) is 39.0. The van der Waals surface area contributed by atoms with Gasteiger partial charge in [-0.1, -0.05) is 6.07 Å². The molecule has 1 heterocycles. The maximum Gasteiger partial charge on any atom is 0.274 e. The predicted molar refractivity (Wildman–Crippen MR) is 110 cm³/mol. The molecule has 140 valence electrons. The van der Waals surface area contributed by atoms with Crippen LogP contribution in [0.4, 0.5) is 17.1 Å².